The lowest BCUT2D eigenvalue weighted by molar-refractivity contribution is 0.0930. The summed E-state index contributed by atoms with van der Waals surface area (Å²) in [6.07, 6.45) is 5.91. The van der Waals surface area contributed by atoms with Gasteiger partial charge in [0.15, 0.2) is 5.88 Å². The molecule has 7 rings (SSSR count). The van der Waals surface area contributed by atoms with E-state index < -0.39 is 16.6 Å². The molecule has 0 spiro atoms. The summed E-state index contributed by atoms with van der Waals surface area (Å²) in [5.74, 6) is 0.317. The first kappa shape index (κ1) is 28.0. The molecule has 1 amide bonds. The predicted octanol–water partition coefficient (Wildman–Crippen LogP) is 3.69. The van der Waals surface area contributed by atoms with Crippen LogP contribution in [0.1, 0.15) is 48.2 Å². The molecule has 228 valence electrons. The number of rotatable bonds is 9. The molecule has 1 saturated carbocycles. The van der Waals surface area contributed by atoms with Crippen LogP contribution >= 0.6 is 0 Å². The van der Waals surface area contributed by atoms with Crippen LogP contribution < -0.4 is 19.7 Å². The maximum absolute atomic E-state index is 13.8. The number of alkyl halides is 2. The first-order valence-electron chi connectivity index (χ1n) is 14.4. The predicted molar refractivity (Wildman–Crippen MR) is 157 cm³/mol. The maximum atomic E-state index is 13.8. The van der Waals surface area contributed by atoms with Crippen molar-refractivity contribution in [2.75, 3.05) is 17.7 Å². The highest BCUT2D eigenvalue weighted by atomic mass is 32.2. The Morgan fingerprint density at radius 3 is 2.60 bits per heavy atom. The molecular formula is C29H33F2N7O4S. The number of carbonyl (C=O) groups is 1. The molecule has 4 aromatic rings. The second-order valence-corrected chi connectivity index (χ2v) is 13.8. The Labute approximate surface area is 247 Å². The van der Waals surface area contributed by atoms with Gasteiger partial charge in [0.1, 0.15) is 22.8 Å². The number of pyridine rings is 2. The number of halogens is 2. The minimum Gasteiger partial charge on any atom is -0.482 e. The zero-order valence-corrected chi connectivity index (χ0v) is 24.9. The molecule has 2 aliphatic heterocycles. The third-order valence-corrected chi connectivity index (χ3v) is 9.94. The molecule has 2 unspecified atom stereocenters. The van der Waals surface area contributed by atoms with Crippen molar-refractivity contribution >= 4 is 38.4 Å². The molecule has 11 nitrogen and oxygen atoms in total. The SMILES string of the molecule is COc1cc(C(=O)N[C@@H]2CC3CCC2N3)cc2nc(-c3cc4ccc(N(C(F)F)S(C)(=O)=O)nc4n3CC3CC3)c(C)n12. The summed E-state index contributed by atoms with van der Waals surface area (Å²) in [5.41, 5.74) is 3.49. The van der Waals surface area contributed by atoms with Gasteiger partial charge in [-0.3, -0.25) is 9.20 Å². The number of imidazole rings is 1. The van der Waals surface area contributed by atoms with Gasteiger partial charge < -0.3 is 19.9 Å². The third-order valence-electron chi connectivity index (χ3n) is 8.88. The summed E-state index contributed by atoms with van der Waals surface area (Å²) in [6, 6.07) is 9.07. The van der Waals surface area contributed by atoms with Gasteiger partial charge in [0.05, 0.1) is 24.8 Å². The van der Waals surface area contributed by atoms with Crippen LogP contribution in [-0.4, -0.2) is 71.3 Å². The van der Waals surface area contributed by atoms with Crippen LogP contribution in [0.25, 0.3) is 28.1 Å². The van der Waals surface area contributed by atoms with Crippen LogP contribution in [0.4, 0.5) is 14.6 Å². The Bertz CT molecular complexity index is 1870. The van der Waals surface area contributed by atoms with Crippen LogP contribution in [0.5, 0.6) is 5.88 Å². The van der Waals surface area contributed by atoms with E-state index in [-0.39, 0.29) is 22.1 Å². The third kappa shape index (κ3) is 4.89. The van der Waals surface area contributed by atoms with Crippen LogP contribution in [0, 0.1) is 12.8 Å². The van der Waals surface area contributed by atoms with E-state index >= 15 is 0 Å². The maximum Gasteiger partial charge on any atom is 0.329 e. The Kier molecular flexibility index (Phi) is 6.61. The van der Waals surface area contributed by atoms with Gasteiger partial charge in [-0.05, 0) is 69.2 Å². The monoisotopic (exact) mass is 613 g/mol. The summed E-state index contributed by atoms with van der Waals surface area (Å²) >= 11 is 0. The average Bonchev–Trinajstić information content (AvgIpc) is 3.23. The van der Waals surface area contributed by atoms with E-state index in [2.05, 4.69) is 15.6 Å². The van der Waals surface area contributed by atoms with E-state index in [0.717, 1.165) is 49.7 Å². The van der Waals surface area contributed by atoms with E-state index in [1.54, 1.807) is 25.3 Å². The normalized spacial score (nSPS) is 21.8. The quantitative estimate of drug-likeness (QED) is 0.276. The van der Waals surface area contributed by atoms with Crippen LogP contribution in [0.2, 0.25) is 0 Å². The zero-order chi connectivity index (χ0) is 30.2. The smallest absolute Gasteiger partial charge is 0.329 e. The lowest BCUT2D eigenvalue weighted by Gasteiger charge is -2.21. The first-order valence-corrected chi connectivity index (χ1v) is 16.3. The van der Waals surface area contributed by atoms with Gasteiger partial charge in [-0.15, -0.1) is 0 Å². The largest absolute Gasteiger partial charge is 0.482 e. The van der Waals surface area contributed by atoms with Crippen molar-refractivity contribution in [3.8, 4) is 17.3 Å². The Balaban J connectivity index is 1.31. The van der Waals surface area contributed by atoms with E-state index in [9.17, 15) is 22.0 Å². The van der Waals surface area contributed by atoms with Gasteiger partial charge in [-0.25, -0.2) is 18.4 Å². The van der Waals surface area contributed by atoms with E-state index in [1.165, 1.54) is 6.07 Å². The van der Waals surface area contributed by atoms with Gasteiger partial charge in [0.2, 0.25) is 10.0 Å². The van der Waals surface area contributed by atoms with Crippen molar-refractivity contribution in [1.29, 1.82) is 0 Å². The van der Waals surface area contributed by atoms with Crippen molar-refractivity contribution < 1.29 is 26.7 Å². The van der Waals surface area contributed by atoms with Gasteiger partial charge in [-0.1, -0.05) is 0 Å². The highest BCUT2D eigenvalue weighted by Crippen LogP contribution is 2.38. The molecular weight excluding hydrogens is 580 g/mol. The second-order valence-electron chi connectivity index (χ2n) is 11.9. The molecule has 43 heavy (non-hydrogen) atoms. The fourth-order valence-electron chi connectivity index (χ4n) is 6.63. The number of carbonyl (C=O) groups excluding carboxylic acids is 1. The molecule has 4 aromatic heterocycles. The van der Waals surface area contributed by atoms with Crippen molar-refractivity contribution in [3.05, 3.63) is 41.6 Å². The molecule has 2 saturated heterocycles. The number of hydrogen-bond acceptors (Lipinski definition) is 7. The van der Waals surface area contributed by atoms with E-state index in [4.69, 9.17) is 9.72 Å². The van der Waals surface area contributed by atoms with Crippen molar-refractivity contribution in [3.63, 3.8) is 0 Å². The Morgan fingerprint density at radius 1 is 1.19 bits per heavy atom. The molecule has 0 aromatic carbocycles. The number of methoxy groups -OCH3 is 1. The molecule has 14 heteroatoms. The molecule has 0 radical (unpaired) electrons. The summed E-state index contributed by atoms with van der Waals surface area (Å²) in [4.78, 5) is 22.7. The van der Waals surface area contributed by atoms with Crippen LogP contribution in [0.15, 0.2) is 30.3 Å². The van der Waals surface area contributed by atoms with Crippen molar-refractivity contribution in [2.24, 2.45) is 5.92 Å². The fourth-order valence-corrected chi connectivity index (χ4v) is 7.36. The number of ether oxygens (including phenoxy) is 1. The molecule has 3 atom stereocenters. The Morgan fingerprint density at radius 2 is 1.98 bits per heavy atom. The summed E-state index contributed by atoms with van der Waals surface area (Å²) in [7, 11) is -2.72. The van der Waals surface area contributed by atoms with Crippen LogP contribution in [0.3, 0.4) is 0 Å². The highest BCUT2D eigenvalue weighted by Gasteiger charge is 2.40. The number of sulfonamides is 1. The number of amides is 1. The Hall–Kier alpha value is -3.78. The molecule has 2 bridgehead atoms. The minimum absolute atomic E-state index is 0.0287. The first-order chi connectivity index (χ1) is 20.5. The number of anilines is 1. The highest BCUT2D eigenvalue weighted by molar-refractivity contribution is 7.92. The number of nitrogens with one attached hydrogen (secondary N) is 2. The topological polar surface area (TPSA) is 123 Å². The number of aryl methyl sites for hydroxylation is 1. The standard InChI is InChI=1S/C29H33F2N7O4S/c1-15-26(34-24-11-18(12-25(42-2)37(15)24)28(39)33-21-13-19-7-8-20(21)32-19)22-10-17-6-9-23(38(29(30)31)43(3,40)41)35-27(17)36(22)14-16-4-5-16/h6,9-12,16,19-21,29,32H,4-5,7-8,13-14H2,1-3H3,(H,33,39)/t19?,20?,21-/m1/s1. The van der Waals surface area contributed by atoms with Gasteiger partial charge >= 0.3 is 6.55 Å². The summed E-state index contributed by atoms with van der Waals surface area (Å²) in [5, 5.41) is 7.39. The molecule has 3 aliphatic rings. The van der Waals surface area contributed by atoms with Gasteiger partial charge in [0, 0.05) is 41.7 Å². The minimum atomic E-state index is -4.26. The lowest BCUT2D eigenvalue weighted by atomic mass is 9.95. The number of fused-ring (bicyclic) bond motifs is 4. The van der Waals surface area contributed by atoms with E-state index in [0.29, 0.717) is 58.4 Å². The summed E-state index contributed by atoms with van der Waals surface area (Å²) < 4.78 is 61.4. The average molecular weight is 614 g/mol. The fraction of sp³-hybridized carbons (Fsp3) is 0.483. The number of aromatic nitrogens is 4. The van der Waals surface area contributed by atoms with Crippen molar-refractivity contribution in [1.82, 2.24) is 29.6 Å². The van der Waals surface area contributed by atoms with Gasteiger partial charge in [-0.2, -0.15) is 13.1 Å². The zero-order valence-electron chi connectivity index (χ0n) is 24.0. The summed E-state index contributed by atoms with van der Waals surface area (Å²) in [6.45, 7) is -0.789. The number of hydrogen-bond donors (Lipinski definition) is 2. The van der Waals surface area contributed by atoms with Crippen LogP contribution in [-0.2, 0) is 16.6 Å². The second kappa shape index (κ2) is 10.2. The van der Waals surface area contributed by atoms with E-state index in [1.807, 2.05) is 22.0 Å². The molecule has 3 fully saturated rings. The number of nitrogens with zero attached hydrogens (tertiary/aromatic N) is 5. The van der Waals surface area contributed by atoms with Crippen molar-refractivity contribution in [2.45, 2.75) is 70.2 Å². The molecule has 6 heterocycles. The molecule has 1 aliphatic carbocycles. The lowest BCUT2D eigenvalue weighted by Crippen LogP contribution is -2.42. The molecule has 2 N–H and O–H groups in total. The van der Waals surface area contributed by atoms with Gasteiger partial charge in [0.25, 0.3) is 5.91 Å².